The molecule has 42 heavy (non-hydrogen) atoms. The normalized spacial score (nSPS) is 15.4. The van der Waals surface area contributed by atoms with Crippen LogP contribution in [0.1, 0.15) is 125 Å². The third-order valence-corrected chi connectivity index (χ3v) is 8.32. The van der Waals surface area contributed by atoms with Crippen LogP contribution in [0.15, 0.2) is 47.9 Å². The van der Waals surface area contributed by atoms with E-state index >= 15 is 0 Å². The molecule has 2 aliphatic heterocycles. The maximum atomic E-state index is 13.4. The van der Waals surface area contributed by atoms with Crippen molar-refractivity contribution in [3.8, 4) is 11.5 Å². The average molecular weight is 575 g/mol. The number of fused-ring (bicyclic) bond motifs is 2. The van der Waals surface area contributed by atoms with Crippen molar-refractivity contribution < 1.29 is 19.1 Å². The molecule has 0 amide bonds. The highest BCUT2D eigenvalue weighted by Gasteiger charge is 2.39. The number of Topliss-reactive ketones (excluding diaryl/α,β-unsaturated/α-hetero) is 2. The summed E-state index contributed by atoms with van der Waals surface area (Å²) in [5.41, 5.74) is 3.07. The monoisotopic (exact) mass is 574 g/mol. The molecule has 0 atom stereocenters. The number of carbonyl (C=O) groups is 2. The van der Waals surface area contributed by atoms with Gasteiger partial charge in [0.1, 0.15) is 11.5 Å². The molecule has 0 N–H and O–H groups in total. The summed E-state index contributed by atoms with van der Waals surface area (Å²) in [6.45, 7) is 12.8. The Morgan fingerprint density at radius 3 is 1.14 bits per heavy atom. The lowest BCUT2D eigenvalue weighted by Gasteiger charge is -2.25. The molecule has 2 aromatic carbocycles. The van der Waals surface area contributed by atoms with Crippen LogP contribution in [0.3, 0.4) is 0 Å². The first-order valence-electron chi connectivity index (χ1n) is 16.5. The Bertz CT molecular complexity index is 1140. The fourth-order valence-electron chi connectivity index (χ4n) is 5.77. The summed E-state index contributed by atoms with van der Waals surface area (Å²) in [5.74, 6) is 0.408. The second kappa shape index (κ2) is 15.8. The predicted octanol–water partition coefficient (Wildman–Crippen LogP) is 9.12. The number of hydrogen-bond acceptors (Lipinski definition) is 6. The van der Waals surface area contributed by atoms with E-state index in [0.717, 1.165) is 63.2 Å². The number of benzene rings is 2. The van der Waals surface area contributed by atoms with E-state index in [2.05, 4.69) is 37.5 Å². The molecular weight excluding hydrogens is 524 g/mol. The topological polar surface area (TPSA) is 59.1 Å². The molecule has 0 aromatic heterocycles. The average Bonchev–Trinajstić information content (AvgIpc) is 3.50. The van der Waals surface area contributed by atoms with Crippen molar-refractivity contribution in [1.29, 1.82) is 0 Å². The van der Waals surface area contributed by atoms with Crippen molar-refractivity contribution in [1.82, 2.24) is 0 Å². The van der Waals surface area contributed by atoms with Crippen LogP contribution in [0.25, 0.3) is 0 Å². The third-order valence-electron chi connectivity index (χ3n) is 8.32. The molecule has 6 heteroatoms. The van der Waals surface area contributed by atoms with Gasteiger partial charge >= 0.3 is 0 Å². The largest absolute Gasteiger partial charge is 0.448 e. The lowest BCUT2D eigenvalue weighted by molar-refractivity contribution is 0.0960. The Balaban J connectivity index is 1.54. The van der Waals surface area contributed by atoms with Crippen LogP contribution in [0.2, 0.25) is 0 Å². The molecular formula is C36H50N2O4. The summed E-state index contributed by atoms with van der Waals surface area (Å²) in [6, 6.07) is 11.6. The number of allylic oxidation sites excluding steroid dienone is 2. The van der Waals surface area contributed by atoms with Gasteiger partial charge < -0.3 is 19.3 Å². The standard InChI is InChI=1S/C36H50N2O4/c1-5-9-13-21-37(22-14-10-6-2)27-17-19-29-31(25-27)41-35(33(29)39)36-34(40)30-20-18-28(26-32(30)42-36)38(23-15-11-7-3)24-16-12-8-4/h17-20,25-26H,5-16,21-24H2,1-4H3/b36-35-. The van der Waals surface area contributed by atoms with Crippen LogP contribution < -0.4 is 19.3 Å². The van der Waals surface area contributed by atoms with Gasteiger partial charge in [-0.2, -0.15) is 0 Å². The number of nitrogens with zero attached hydrogens (tertiary/aromatic N) is 2. The maximum absolute atomic E-state index is 13.4. The Kier molecular flexibility index (Phi) is 11.9. The van der Waals surface area contributed by atoms with Crippen LogP contribution in [-0.4, -0.2) is 37.7 Å². The minimum absolute atomic E-state index is 0.00355. The highest BCUT2D eigenvalue weighted by molar-refractivity contribution is 6.21. The van der Waals surface area contributed by atoms with Crippen molar-refractivity contribution in [2.75, 3.05) is 36.0 Å². The highest BCUT2D eigenvalue weighted by atomic mass is 16.5. The summed E-state index contributed by atoms with van der Waals surface area (Å²) in [7, 11) is 0. The number of hydrogen-bond donors (Lipinski definition) is 0. The highest BCUT2D eigenvalue weighted by Crippen LogP contribution is 2.41. The third kappa shape index (κ3) is 7.56. The quantitative estimate of drug-likeness (QED) is 0.131. The number of unbranched alkanes of at least 4 members (excludes halogenated alkanes) is 8. The zero-order chi connectivity index (χ0) is 29.9. The van der Waals surface area contributed by atoms with Gasteiger partial charge in [-0.25, -0.2) is 0 Å². The molecule has 0 bridgehead atoms. The fourth-order valence-corrected chi connectivity index (χ4v) is 5.77. The van der Waals surface area contributed by atoms with E-state index in [1.807, 2.05) is 36.4 Å². The van der Waals surface area contributed by atoms with Gasteiger partial charge in [-0.05, 0) is 49.9 Å². The predicted molar refractivity (Wildman–Crippen MR) is 172 cm³/mol. The fraction of sp³-hybridized carbons (Fsp3) is 0.556. The summed E-state index contributed by atoms with van der Waals surface area (Å²) in [4.78, 5) is 31.6. The lowest BCUT2D eigenvalue weighted by Crippen LogP contribution is -2.25. The van der Waals surface area contributed by atoms with Gasteiger partial charge in [-0.1, -0.05) is 79.1 Å². The first kappa shape index (κ1) is 31.7. The van der Waals surface area contributed by atoms with E-state index in [1.54, 1.807) is 0 Å². The number of ketones is 2. The van der Waals surface area contributed by atoms with Gasteiger partial charge in [-0.15, -0.1) is 0 Å². The number of rotatable bonds is 18. The Labute approximate surface area is 253 Å². The van der Waals surface area contributed by atoms with Gasteiger partial charge in [0.2, 0.25) is 23.1 Å². The van der Waals surface area contributed by atoms with Gasteiger partial charge in [0, 0.05) is 49.7 Å². The molecule has 0 aliphatic carbocycles. The molecule has 0 saturated heterocycles. The van der Waals surface area contributed by atoms with Crippen LogP contribution >= 0.6 is 0 Å². The smallest absolute Gasteiger partial charge is 0.236 e. The first-order chi connectivity index (χ1) is 20.5. The summed E-state index contributed by atoms with van der Waals surface area (Å²) < 4.78 is 12.2. The van der Waals surface area contributed by atoms with E-state index < -0.39 is 0 Å². The van der Waals surface area contributed by atoms with Gasteiger partial charge in [0.25, 0.3) is 0 Å². The molecule has 0 radical (unpaired) electrons. The molecule has 0 unspecified atom stereocenters. The minimum Gasteiger partial charge on any atom is -0.448 e. The van der Waals surface area contributed by atoms with Crippen molar-refractivity contribution in [2.45, 2.75) is 105 Å². The molecule has 0 spiro atoms. The molecule has 228 valence electrons. The Morgan fingerprint density at radius 2 is 0.833 bits per heavy atom. The number of anilines is 2. The van der Waals surface area contributed by atoms with E-state index in [1.165, 1.54) is 51.4 Å². The number of ether oxygens (including phenoxy) is 2. The molecule has 4 rings (SSSR count). The number of carbonyl (C=O) groups excluding carboxylic acids is 2. The molecule has 0 saturated carbocycles. The zero-order valence-corrected chi connectivity index (χ0v) is 26.3. The van der Waals surface area contributed by atoms with Crippen molar-refractivity contribution in [3.63, 3.8) is 0 Å². The van der Waals surface area contributed by atoms with Crippen LogP contribution in [-0.2, 0) is 0 Å². The second-order valence-electron chi connectivity index (χ2n) is 11.7. The van der Waals surface area contributed by atoms with Gasteiger partial charge in [0.05, 0.1) is 11.1 Å². The van der Waals surface area contributed by atoms with E-state index in [9.17, 15) is 9.59 Å². The van der Waals surface area contributed by atoms with Crippen LogP contribution in [0.4, 0.5) is 11.4 Å². The molecule has 6 nitrogen and oxygen atoms in total. The van der Waals surface area contributed by atoms with E-state index in [0.29, 0.717) is 22.6 Å². The van der Waals surface area contributed by atoms with Gasteiger partial charge in [-0.3, -0.25) is 9.59 Å². The molecule has 0 fully saturated rings. The van der Waals surface area contributed by atoms with Crippen molar-refractivity contribution >= 4 is 22.9 Å². The van der Waals surface area contributed by atoms with Crippen molar-refractivity contribution in [3.05, 3.63) is 59.0 Å². The van der Waals surface area contributed by atoms with E-state index in [-0.39, 0.29) is 23.1 Å². The second-order valence-corrected chi connectivity index (χ2v) is 11.7. The van der Waals surface area contributed by atoms with Gasteiger partial charge in [0.15, 0.2) is 0 Å². The minimum atomic E-state index is -0.294. The molecule has 2 aliphatic rings. The summed E-state index contributed by atoms with van der Waals surface area (Å²) in [6.07, 6.45) is 14.0. The molecule has 2 aromatic rings. The maximum Gasteiger partial charge on any atom is 0.236 e. The van der Waals surface area contributed by atoms with Crippen LogP contribution in [0, 0.1) is 0 Å². The van der Waals surface area contributed by atoms with Crippen LogP contribution in [0.5, 0.6) is 11.5 Å². The Hall–Kier alpha value is -3.28. The lowest BCUT2D eigenvalue weighted by atomic mass is 10.1. The zero-order valence-electron chi connectivity index (χ0n) is 26.3. The van der Waals surface area contributed by atoms with E-state index in [4.69, 9.17) is 9.47 Å². The van der Waals surface area contributed by atoms with Crippen molar-refractivity contribution in [2.24, 2.45) is 0 Å². The Morgan fingerprint density at radius 1 is 0.500 bits per heavy atom. The first-order valence-corrected chi connectivity index (χ1v) is 16.5. The SMILES string of the molecule is CCCCCN(CCCCC)c1ccc2c(c1)O/C(=C1\Oc3cc(N(CCCCC)CCCCC)ccc3C1=O)C2=O. The summed E-state index contributed by atoms with van der Waals surface area (Å²) >= 11 is 0. The summed E-state index contributed by atoms with van der Waals surface area (Å²) in [5, 5.41) is 0. The molecule has 2 heterocycles.